The number of unbranched alkanes of at least 4 members (excludes halogenated alkanes) is 1. The summed E-state index contributed by atoms with van der Waals surface area (Å²) in [5, 5.41) is 0. The van der Waals surface area contributed by atoms with Crippen LogP contribution in [0, 0.1) is 0 Å². The topological polar surface area (TPSA) is 29.0 Å². The van der Waals surface area contributed by atoms with Crippen molar-refractivity contribution in [2.45, 2.75) is 38.6 Å². The van der Waals surface area contributed by atoms with E-state index in [-0.39, 0.29) is 0 Å². The Hall–Kier alpha value is -1.16. The van der Waals surface area contributed by atoms with E-state index in [1.807, 2.05) is 18.5 Å². The van der Waals surface area contributed by atoms with E-state index in [2.05, 4.69) is 43.8 Å². The Morgan fingerprint density at radius 1 is 1.37 bits per heavy atom. The summed E-state index contributed by atoms with van der Waals surface area (Å²) in [5.41, 5.74) is 3.23. The van der Waals surface area contributed by atoms with E-state index in [1.165, 1.54) is 31.4 Å². The summed E-state index contributed by atoms with van der Waals surface area (Å²) in [6.45, 7) is 3.36. The van der Waals surface area contributed by atoms with Gasteiger partial charge in [0, 0.05) is 29.5 Å². The molecule has 4 heteroatoms. The Morgan fingerprint density at radius 3 is 2.95 bits per heavy atom. The number of hydrogen-bond acceptors (Lipinski definition) is 3. The molecule has 1 saturated carbocycles. The minimum absolute atomic E-state index is 0.711. The van der Waals surface area contributed by atoms with E-state index in [4.69, 9.17) is 0 Å². The predicted molar refractivity (Wildman–Crippen MR) is 82.5 cm³/mol. The number of halogens is 1. The van der Waals surface area contributed by atoms with Gasteiger partial charge in [-0.1, -0.05) is 13.3 Å². The van der Waals surface area contributed by atoms with E-state index in [0.717, 1.165) is 22.1 Å². The highest BCUT2D eigenvalue weighted by molar-refractivity contribution is 9.10. The maximum Gasteiger partial charge on any atom is 0.112 e. The van der Waals surface area contributed by atoms with Crippen LogP contribution in [0.5, 0.6) is 0 Å². The van der Waals surface area contributed by atoms with Gasteiger partial charge in [0.1, 0.15) is 5.52 Å². The first-order valence-corrected chi connectivity index (χ1v) is 7.76. The fourth-order valence-electron chi connectivity index (χ4n) is 2.44. The fraction of sp³-hybridized carbons (Fsp3) is 0.467. The van der Waals surface area contributed by atoms with Crippen molar-refractivity contribution in [2.24, 2.45) is 0 Å². The third-order valence-electron chi connectivity index (χ3n) is 3.57. The number of aromatic nitrogens is 2. The Labute approximate surface area is 122 Å². The predicted octanol–water partition coefficient (Wildman–Crippen LogP) is 4.16. The summed E-state index contributed by atoms with van der Waals surface area (Å²) in [7, 11) is 0. The molecule has 1 fully saturated rings. The molecule has 0 unspecified atom stereocenters. The van der Waals surface area contributed by atoms with Gasteiger partial charge in [-0.15, -0.1) is 0 Å². The number of anilines is 1. The molecule has 0 spiro atoms. The molecule has 2 heterocycles. The van der Waals surface area contributed by atoms with E-state index in [9.17, 15) is 0 Å². The van der Waals surface area contributed by atoms with Crippen LogP contribution in [0.1, 0.15) is 32.6 Å². The Kier molecular flexibility index (Phi) is 3.69. The molecule has 2 aromatic rings. The van der Waals surface area contributed by atoms with E-state index in [1.54, 1.807) is 0 Å². The summed E-state index contributed by atoms with van der Waals surface area (Å²) in [4.78, 5) is 11.5. The number of rotatable bonds is 5. The molecule has 0 bridgehead atoms. The average molecular weight is 320 g/mol. The van der Waals surface area contributed by atoms with Crippen molar-refractivity contribution in [1.82, 2.24) is 9.97 Å². The normalized spacial score (nSPS) is 14.8. The monoisotopic (exact) mass is 319 g/mol. The molecular formula is C15H18BrN3. The van der Waals surface area contributed by atoms with Gasteiger partial charge in [-0.2, -0.15) is 0 Å². The molecular weight excluding hydrogens is 302 g/mol. The first-order chi connectivity index (χ1) is 9.29. The maximum atomic E-state index is 4.57. The van der Waals surface area contributed by atoms with Gasteiger partial charge < -0.3 is 4.90 Å². The summed E-state index contributed by atoms with van der Waals surface area (Å²) in [6.07, 6.45) is 8.84. The number of hydrogen-bond donors (Lipinski definition) is 0. The fourth-order valence-corrected chi connectivity index (χ4v) is 2.76. The molecule has 1 aliphatic carbocycles. The van der Waals surface area contributed by atoms with Gasteiger partial charge >= 0.3 is 0 Å². The van der Waals surface area contributed by atoms with Gasteiger partial charge in [0.15, 0.2) is 0 Å². The van der Waals surface area contributed by atoms with Crippen molar-refractivity contribution in [2.75, 3.05) is 11.4 Å². The smallest absolute Gasteiger partial charge is 0.112 e. The third kappa shape index (κ3) is 2.73. The van der Waals surface area contributed by atoms with Crippen molar-refractivity contribution < 1.29 is 0 Å². The van der Waals surface area contributed by atoms with Crippen LogP contribution in [0.15, 0.2) is 29.0 Å². The standard InChI is InChI=1S/C15H18BrN3/c1-2-3-8-19(12-4-5-12)14-6-7-17-13-9-11(16)10-18-15(13)14/h6-7,9-10,12H,2-5,8H2,1H3. The lowest BCUT2D eigenvalue weighted by atomic mass is 10.2. The van der Waals surface area contributed by atoms with Gasteiger partial charge in [0.2, 0.25) is 0 Å². The van der Waals surface area contributed by atoms with Crippen LogP contribution < -0.4 is 4.90 Å². The highest BCUT2D eigenvalue weighted by atomic mass is 79.9. The minimum Gasteiger partial charge on any atom is -0.367 e. The molecule has 100 valence electrons. The van der Waals surface area contributed by atoms with Crippen LogP contribution in [0.4, 0.5) is 5.69 Å². The second kappa shape index (κ2) is 5.45. The molecule has 0 radical (unpaired) electrons. The van der Waals surface area contributed by atoms with Crippen molar-refractivity contribution >= 4 is 32.7 Å². The molecule has 19 heavy (non-hydrogen) atoms. The molecule has 0 atom stereocenters. The molecule has 0 aliphatic heterocycles. The first kappa shape index (κ1) is 12.9. The summed E-state index contributed by atoms with van der Waals surface area (Å²) in [5.74, 6) is 0. The number of nitrogens with zero attached hydrogens (tertiary/aromatic N) is 3. The molecule has 0 aromatic carbocycles. The van der Waals surface area contributed by atoms with Crippen molar-refractivity contribution in [3.8, 4) is 0 Å². The highest BCUT2D eigenvalue weighted by Crippen LogP contribution is 2.35. The number of fused-ring (bicyclic) bond motifs is 1. The summed E-state index contributed by atoms with van der Waals surface area (Å²) in [6, 6.07) is 4.86. The molecule has 0 saturated heterocycles. The Morgan fingerprint density at radius 2 is 2.21 bits per heavy atom. The lowest BCUT2D eigenvalue weighted by Crippen LogP contribution is -2.27. The minimum atomic E-state index is 0.711. The van der Waals surface area contributed by atoms with Crippen LogP contribution in [0.3, 0.4) is 0 Å². The second-order valence-corrected chi connectivity index (χ2v) is 6.05. The van der Waals surface area contributed by atoms with Gasteiger partial charge in [-0.25, -0.2) is 0 Å². The molecule has 2 aromatic heterocycles. The molecule has 3 nitrogen and oxygen atoms in total. The third-order valence-corrected chi connectivity index (χ3v) is 4.01. The van der Waals surface area contributed by atoms with Crippen LogP contribution >= 0.6 is 15.9 Å². The van der Waals surface area contributed by atoms with Crippen molar-refractivity contribution in [3.63, 3.8) is 0 Å². The quantitative estimate of drug-likeness (QED) is 0.828. The Balaban J connectivity index is 2.02. The van der Waals surface area contributed by atoms with Crippen LogP contribution in [-0.4, -0.2) is 22.6 Å². The summed E-state index contributed by atoms with van der Waals surface area (Å²) >= 11 is 3.46. The maximum absolute atomic E-state index is 4.57. The molecule has 0 amide bonds. The lowest BCUT2D eigenvalue weighted by Gasteiger charge is -2.25. The van der Waals surface area contributed by atoms with Crippen molar-refractivity contribution in [1.29, 1.82) is 0 Å². The van der Waals surface area contributed by atoms with Gasteiger partial charge in [-0.3, -0.25) is 9.97 Å². The van der Waals surface area contributed by atoms with Crippen LogP contribution in [0.2, 0.25) is 0 Å². The first-order valence-electron chi connectivity index (χ1n) is 6.96. The van der Waals surface area contributed by atoms with Crippen molar-refractivity contribution in [3.05, 3.63) is 29.0 Å². The number of pyridine rings is 2. The molecule has 3 rings (SSSR count). The van der Waals surface area contributed by atoms with E-state index >= 15 is 0 Å². The zero-order valence-electron chi connectivity index (χ0n) is 11.1. The van der Waals surface area contributed by atoms with Gasteiger partial charge in [0.05, 0.1) is 11.2 Å². The van der Waals surface area contributed by atoms with Gasteiger partial charge in [0.25, 0.3) is 0 Å². The van der Waals surface area contributed by atoms with E-state index < -0.39 is 0 Å². The highest BCUT2D eigenvalue weighted by Gasteiger charge is 2.30. The molecule has 0 N–H and O–H groups in total. The van der Waals surface area contributed by atoms with E-state index in [0.29, 0.717) is 6.04 Å². The lowest BCUT2D eigenvalue weighted by molar-refractivity contribution is 0.714. The zero-order valence-corrected chi connectivity index (χ0v) is 12.7. The van der Waals surface area contributed by atoms with Gasteiger partial charge in [-0.05, 0) is 47.3 Å². The van der Waals surface area contributed by atoms with Crippen LogP contribution in [0.25, 0.3) is 11.0 Å². The Bertz CT molecular complexity index is 581. The molecule has 1 aliphatic rings. The second-order valence-electron chi connectivity index (χ2n) is 5.13. The SMILES string of the molecule is CCCCN(c1ccnc2cc(Br)cnc12)C1CC1. The average Bonchev–Trinajstić information content (AvgIpc) is 3.23. The van der Waals surface area contributed by atoms with Crippen LogP contribution in [-0.2, 0) is 0 Å². The summed E-state index contributed by atoms with van der Waals surface area (Å²) < 4.78 is 0.983. The zero-order chi connectivity index (χ0) is 13.2. The largest absolute Gasteiger partial charge is 0.367 e.